The quantitative estimate of drug-likeness (QED) is 0.816. The molecule has 1 saturated heterocycles. The van der Waals surface area contributed by atoms with E-state index in [1.165, 1.54) is 5.56 Å². The number of amides is 1. The molecule has 5 nitrogen and oxygen atoms in total. The number of hydrogen-bond acceptors (Lipinski definition) is 4. The summed E-state index contributed by atoms with van der Waals surface area (Å²) in [5.74, 6) is 0.731. The van der Waals surface area contributed by atoms with E-state index in [2.05, 4.69) is 34.5 Å². The molecule has 0 bridgehead atoms. The number of benzene rings is 2. The Bertz CT molecular complexity index is 721. The van der Waals surface area contributed by atoms with E-state index >= 15 is 0 Å². The first-order chi connectivity index (χ1) is 13.2. The van der Waals surface area contributed by atoms with Crippen LogP contribution in [0.15, 0.2) is 54.6 Å². The molecule has 3 rings (SSSR count). The number of rotatable bonds is 7. The van der Waals surface area contributed by atoms with Gasteiger partial charge in [0.15, 0.2) is 0 Å². The third-order valence-electron chi connectivity index (χ3n) is 4.75. The Hall–Kier alpha value is -2.37. The fraction of sp³-hybridized carbons (Fsp3) is 0.409. The Morgan fingerprint density at radius 2 is 1.96 bits per heavy atom. The molecular weight excluding hydrogens is 340 g/mol. The largest absolute Gasteiger partial charge is 0.496 e. The highest BCUT2D eigenvalue weighted by atomic mass is 16.5. The summed E-state index contributed by atoms with van der Waals surface area (Å²) in [5.41, 5.74) is 2.20. The van der Waals surface area contributed by atoms with Gasteiger partial charge in [0.2, 0.25) is 5.91 Å². The van der Waals surface area contributed by atoms with Crippen LogP contribution < -0.4 is 10.1 Å². The van der Waals surface area contributed by atoms with Crippen molar-refractivity contribution >= 4 is 5.91 Å². The van der Waals surface area contributed by atoms with Crippen molar-refractivity contribution in [3.8, 4) is 5.75 Å². The molecule has 1 atom stereocenters. The van der Waals surface area contributed by atoms with Gasteiger partial charge in [-0.15, -0.1) is 0 Å². The summed E-state index contributed by atoms with van der Waals surface area (Å²) in [6.07, 6.45) is 1.33. The van der Waals surface area contributed by atoms with Gasteiger partial charge in [0, 0.05) is 38.3 Å². The van der Waals surface area contributed by atoms with Gasteiger partial charge in [0.05, 0.1) is 19.6 Å². The van der Waals surface area contributed by atoms with Gasteiger partial charge in [-0.05, 0) is 18.1 Å². The fourth-order valence-corrected chi connectivity index (χ4v) is 3.39. The minimum atomic E-state index is -0.0121. The van der Waals surface area contributed by atoms with E-state index in [1.54, 1.807) is 7.11 Å². The third-order valence-corrected chi connectivity index (χ3v) is 4.75. The number of nitrogens with zero attached hydrogens (tertiary/aromatic N) is 1. The lowest BCUT2D eigenvalue weighted by molar-refractivity contribution is -0.121. The molecule has 0 radical (unpaired) electrons. The SMILES string of the molecule is COc1ccccc1CC(=O)NCC1CN(Cc2ccccc2)CCCO1. The van der Waals surface area contributed by atoms with Crippen LogP contribution in [0.5, 0.6) is 5.75 Å². The van der Waals surface area contributed by atoms with Crippen LogP contribution in [0.3, 0.4) is 0 Å². The predicted molar refractivity (Wildman–Crippen MR) is 106 cm³/mol. The molecule has 144 valence electrons. The van der Waals surface area contributed by atoms with Crippen molar-refractivity contribution in [3.63, 3.8) is 0 Å². The summed E-state index contributed by atoms with van der Waals surface area (Å²) in [5, 5.41) is 3.02. The maximum absolute atomic E-state index is 12.3. The van der Waals surface area contributed by atoms with Crippen LogP contribution in [0.4, 0.5) is 0 Å². The first kappa shape index (κ1) is 19.4. The molecule has 1 aliphatic heterocycles. The second-order valence-corrected chi connectivity index (χ2v) is 6.86. The highest BCUT2D eigenvalue weighted by Gasteiger charge is 2.20. The topological polar surface area (TPSA) is 50.8 Å². The van der Waals surface area contributed by atoms with Crippen LogP contribution in [0.2, 0.25) is 0 Å². The molecule has 0 spiro atoms. The highest BCUT2D eigenvalue weighted by Crippen LogP contribution is 2.17. The van der Waals surface area contributed by atoms with Gasteiger partial charge in [-0.25, -0.2) is 0 Å². The molecule has 1 N–H and O–H groups in total. The molecule has 1 aliphatic rings. The average molecular weight is 368 g/mol. The summed E-state index contributed by atoms with van der Waals surface area (Å²) in [6.45, 7) is 4.01. The Morgan fingerprint density at radius 3 is 2.78 bits per heavy atom. The number of para-hydroxylation sites is 1. The number of methoxy groups -OCH3 is 1. The highest BCUT2D eigenvalue weighted by molar-refractivity contribution is 5.79. The van der Waals surface area contributed by atoms with Crippen molar-refractivity contribution in [1.82, 2.24) is 10.2 Å². The number of carbonyl (C=O) groups is 1. The van der Waals surface area contributed by atoms with Gasteiger partial charge >= 0.3 is 0 Å². The number of hydrogen-bond donors (Lipinski definition) is 1. The van der Waals surface area contributed by atoms with Crippen LogP contribution in [-0.2, 0) is 22.5 Å². The molecule has 2 aromatic carbocycles. The van der Waals surface area contributed by atoms with E-state index in [9.17, 15) is 4.79 Å². The Morgan fingerprint density at radius 1 is 1.19 bits per heavy atom. The van der Waals surface area contributed by atoms with Crippen molar-refractivity contribution in [1.29, 1.82) is 0 Å². The summed E-state index contributed by atoms with van der Waals surface area (Å²) >= 11 is 0. The van der Waals surface area contributed by atoms with Crippen LogP contribution >= 0.6 is 0 Å². The number of nitrogens with one attached hydrogen (secondary N) is 1. The van der Waals surface area contributed by atoms with E-state index in [0.717, 1.165) is 44.0 Å². The lowest BCUT2D eigenvalue weighted by Gasteiger charge is -2.24. The van der Waals surface area contributed by atoms with Gasteiger partial charge in [-0.2, -0.15) is 0 Å². The molecule has 1 unspecified atom stereocenters. The van der Waals surface area contributed by atoms with Crippen molar-refractivity contribution in [2.24, 2.45) is 0 Å². The summed E-state index contributed by atoms with van der Waals surface area (Å²) < 4.78 is 11.3. The molecule has 5 heteroatoms. The molecule has 2 aromatic rings. The molecule has 27 heavy (non-hydrogen) atoms. The molecule has 0 aromatic heterocycles. The molecule has 1 heterocycles. The lowest BCUT2D eigenvalue weighted by Crippen LogP contribution is -2.40. The maximum atomic E-state index is 12.3. The third kappa shape index (κ3) is 6.08. The molecule has 0 aliphatic carbocycles. The van der Waals surface area contributed by atoms with E-state index in [0.29, 0.717) is 13.0 Å². The zero-order valence-electron chi connectivity index (χ0n) is 15.9. The fourth-order valence-electron chi connectivity index (χ4n) is 3.39. The summed E-state index contributed by atoms with van der Waals surface area (Å²) in [6, 6.07) is 18.1. The first-order valence-corrected chi connectivity index (χ1v) is 9.51. The van der Waals surface area contributed by atoms with Crippen LogP contribution in [-0.4, -0.2) is 50.3 Å². The van der Waals surface area contributed by atoms with Gasteiger partial charge in [-0.1, -0.05) is 48.5 Å². The van der Waals surface area contributed by atoms with Crippen molar-refractivity contribution in [2.45, 2.75) is 25.5 Å². The van der Waals surface area contributed by atoms with Crippen LogP contribution in [0, 0.1) is 0 Å². The Kier molecular flexibility index (Phi) is 7.25. The minimum Gasteiger partial charge on any atom is -0.496 e. The minimum absolute atomic E-state index is 0.0119. The second-order valence-electron chi connectivity index (χ2n) is 6.86. The van der Waals surface area contributed by atoms with Gasteiger partial charge in [0.1, 0.15) is 5.75 Å². The predicted octanol–water partition coefficient (Wildman–Crippen LogP) is 2.65. The normalized spacial score (nSPS) is 17.9. The van der Waals surface area contributed by atoms with Crippen molar-refractivity contribution in [2.75, 3.05) is 33.4 Å². The van der Waals surface area contributed by atoms with E-state index in [4.69, 9.17) is 9.47 Å². The standard InChI is InChI=1S/C22H28N2O3/c1-26-21-11-6-5-10-19(21)14-22(25)23-15-20-17-24(12-7-13-27-20)16-18-8-3-2-4-9-18/h2-6,8-11,20H,7,12-17H2,1H3,(H,23,25). The monoisotopic (exact) mass is 368 g/mol. The second kappa shape index (κ2) is 10.1. The van der Waals surface area contributed by atoms with Crippen molar-refractivity contribution < 1.29 is 14.3 Å². The lowest BCUT2D eigenvalue weighted by atomic mass is 10.1. The van der Waals surface area contributed by atoms with Gasteiger partial charge in [-0.3, -0.25) is 9.69 Å². The smallest absolute Gasteiger partial charge is 0.224 e. The molecule has 1 amide bonds. The van der Waals surface area contributed by atoms with Gasteiger partial charge in [0.25, 0.3) is 0 Å². The summed E-state index contributed by atoms with van der Waals surface area (Å²) in [4.78, 5) is 14.7. The van der Waals surface area contributed by atoms with Crippen LogP contribution in [0.25, 0.3) is 0 Å². The van der Waals surface area contributed by atoms with E-state index < -0.39 is 0 Å². The zero-order chi connectivity index (χ0) is 18.9. The molecule has 0 saturated carbocycles. The van der Waals surface area contributed by atoms with Crippen molar-refractivity contribution in [3.05, 3.63) is 65.7 Å². The summed E-state index contributed by atoms with van der Waals surface area (Å²) in [7, 11) is 1.62. The molecular formula is C22H28N2O3. The van der Waals surface area contributed by atoms with E-state index in [-0.39, 0.29) is 12.0 Å². The molecule has 1 fully saturated rings. The van der Waals surface area contributed by atoms with E-state index in [1.807, 2.05) is 30.3 Å². The Labute approximate surface area is 161 Å². The number of carbonyl (C=O) groups excluding carboxylic acids is 1. The zero-order valence-corrected chi connectivity index (χ0v) is 15.9. The maximum Gasteiger partial charge on any atom is 0.224 e. The van der Waals surface area contributed by atoms with Gasteiger partial charge < -0.3 is 14.8 Å². The van der Waals surface area contributed by atoms with Crippen LogP contribution in [0.1, 0.15) is 17.5 Å². The number of ether oxygens (including phenoxy) is 2. The Balaban J connectivity index is 1.49. The first-order valence-electron chi connectivity index (χ1n) is 9.51. The average Bonchev–Trinajstić information content (AvgIpc) is 2.92.